The minimum atomic E-state index is -0.324. The molecule has 0 aliphatic carbocycles. The van der Waals surface area contributed by atoms with Gasteiger partial charge >= 0.3 is 0 Å². The Morgan fingerprint density at radius 1 is 1.33 bits per heavy atom. The van der Waals surface area contributed by atoms with Gasteiger partial charge in [-0.2, -0.15) is 0 Å². The molecule has 0 fully saturated rings. The predicted octanol–water partition coefficient (Wildman–Crippen LogP) is 3.43. The molecule has 0 aliphatic rings. The molecule has 0 aliphatic heterocycles. The number of benzene rings is 1. The molecule has 5 nitrogen and oxygen atoms in total. The molecule has 0 atom stereocenters. The Hall–Kier alpha value is -2.27. The van der Waals surface area contributed by atoms with E-state index in [1.807, 2.05) is 6.92 Å². The topological polar surface area (TPSA) is 63.2 Å². The van der Waals surface area contributed by atoms with Crippen molar-refractivity contribution in [1.29, 1.82) is 0 Å². The van der Waals surface area contributed by atoms with Crippen LogP contribution in [0.5, 0.6) is 5.75 Å². The third-order valence-corrected chi connectivity index (χ3v) is 3.02. The summed E-state index contributed by atoms with van der Waals surface area (Å²) >= 11 is 5.94. The maximum Gasteiger partial charge on any atom is 0.274 e. The van der Waals surface area contributed by atoms with E-state index < -0.39 is 0 Å². The lowest BCUT2D eigenvalue weighted by Crippen LogP contribution is -2.14. The van der Waals surface area contributed by atoms with Crippen molar-refractivity contribution in [1.82, 2.24) is 4.98 Å². The van der Waals surface area contributed by atoms with Crippen LogP contribution in [0.2, 0.25) is 5.02 Å². The lowest BCUT2D eigenvalue weighted by Gasteiger charge is -2.11. The molecule has 1 heterocycles. The van der Waals surface area contributed by atoms with Crippen molar-refractivity contribution in [3.8, 4) is 5.75 Å². The molecule has 2 N–H and O–H groups in total. The number of carbonyl (C=O) groups is 1. The van der Waals surface area contributed by atoms with Gasteiger partial charge in [-0.3, -0.25) is 9.78 Å². The van der Waals surface area contributed by atoms with Gasteiger partial charge in [-0.15, -0.1) is 0 Å². The van der Waals surface area contributed by atoms with E-state index in [1.165, 1.54) is 7.11 Å². The molecule has 1 aromatic carbocycles. The largest absolute Gasteiger partial charge is 0.495 e. The second-order valence-electron chi connectivity index (χ2n) is 4.26. The summed E-state index contributed by atoms with van der Waals surface area (Å²) in [6, 6.07) is 8.52. The van der Waals surface area contributed by atoms with Gasteiger partial charge in [0.05, 0.1) is 12.8 Å². The highest BCUT2D eigenvalue weighted by Crippen LogP contribution is 2.28. The second kappa shape index (κ2) is 6.95. The number of carbonyl (C=O) groups excluding carboxylic acids is 1. The smallest absolute Gasteiger partial charge is 0.274 e. The van der Waals surface area contributed by atoms with Gasteiger partial charge in [0.15, 0.2) is 0 Å². The molecule has 0 bridgehead atoms. The number of nitrogens with zero attached hydrogens (tertiary/aromatic N) is 1. The summed E-state index contributed by atoms with van der Waals surface area (Å²) < 4.78 is 5.19. The second-order valence-corrected chi connectivity index (χ2v) is 4.70. The van der Waals surface area contributed by atoms with Crippen molar-refractivity contribution in [2.75, 3.05) is 24.3 Å². The highest BCUT2D eigenvalue weighted by atomic mass is 35.5. The fraction of sp³-hybridized carbons (Fsp3) is 0.200. The molecular formula is C15H16ClN3O2. The van der Waals surface area contributed by atoms with Crippen LogP contribution in [0.15, 0.2) is 36.5 Å². The van der Waals surface area contributed by atoms with E-state index in [9.17, 15) is 4.79 Å². The molecule has 0 unspecified atom stereocenters. The number of hydrogen-bond acceptors (Lipinski definition) is 4. The zero-order chi connectivity index (χ0) is 15.2. The first kappa shape index (κ1) is 15.1. The normalized spacial score (nSPS) is 10.0. The van der Waals surface area contributed by atoms with Crippen molar-refractivity contribution in [3.63, 3.8) is 0 Å². The van der Waals surface area contributed by atoms with Crippen LogP contribution in [0, 0.1) is 0 Å². The van der Waals surface area contributed by atoms with Crippen molar-refractivity contribution in [3.05, 3.63) is 47.2 Å². The molecule has 0 saturated heterocycles. The maximum atomic E-state index is 12.2. The first-order valence-corrected chi connectivity index (χ1v) is 6.86. The van der Waals surface area contributed by atoms with Crippen molar-refractivity contribution in [2.24, 2.45) is 0 Å². The summed E-state index contributed by atoms with van der Waals surface area (Å²) in [7, 11) is 1.53. The van der Waals surface area contributed by atoms with E-state index in [0.29, 0.717) is 22.2 Å². The lowest BCUT2D eigenvalue weighted by molar-refractivity contribution is 0.102. The summed E-state index contributed by atoms with van der Waals surface area (Å²) in [6.45, 7) is 2.75. The summed E-state index contributed by atoms with van der Waals surface area (Å²) in [6.07, 6.45) is 1.59. The van der Waals surface area contributed by atoms with Crippen LogP contribution in [0.25, 0.3) is 0 Å². The number of aromatic nitrogens is 1. The van der Waals surface area contributed by atoms with E-state index in [-0.39, 0.29) is 5.91 Å². The Morgan fingerprint density at radius 2 is 2.14 bits per heavy atom. The van der Waals surface area contributed by atoms with Crippen LogP contribution in [0.1, 0.15) is 17.4 Å². The van der Waals surface area contributed by atoms with Gasteiger partial charge in [0.25, 0.3) is 5.91 Å². The summed E-state index contributed by atoms with van der Waals surface area (Å²) in [5.74, 6) is 0.214. The number of nitrogens with one attached hydrogen (secondary N) is 2. The van der Waals surface area contributed by atoms with Crippen molar-refractivity contribution >= 4 is 28.9 Å². The summed E-state index contributed by atoms with van der Waals surface area (Å²) in [5.41, 5.74) is 1.66. The van der Waals surface area contributed by atoms with E-state index in [1.54, 1.807) is 36.5 Å². The zero-order valence-electron chi connectivity index (χ0n) is 11.8. The molecule has 21 heavy (non-hydrogen) atoms. The standard InChI is InChI=1S/C15H16ClN3O2/c1-3-17-11-6-7-18-13(9-11)15(20)19-12-8-10(16)4-5-14(12)21-2/h4-9H,3H2,1-2H3,(H,17,18)(H,19,20). The quantitative estimate of drug-likeness (QED) is 0.888. The van der Waals surface area contributed by atoms with Crippen LogP contribution in [-0.4, -0.2) is 24.5 Å². The number of methoxy groups -OCH3 is 1. The first-order valence-electron chi connectivity index (χ1n) is 6.49. The number of halogens is 1. The molecule has 1 aromatic heterocycles. The maximum absolute atomic E-state index is 12.2. The van der Waals surface area contributed by atoms with E-state index in [2.05, 4.69) is 15.6 Å². The fourth-order valence-electron chi connectivity index (χ4n) is 1.83. The number of rotatable bonds is 5. The van der Waals surface area contributed by atoms with Gasteiger partial charge in [-0.1, -0.05) is 11.6 Å². The van der Waals surface area contributed by atoms with Crippen LogP contribution < -0.4 is 15.4 Å². The summed E-state index contributed by atoms with van der Waals surface area (Å²) in [4.78, 5) is 16.3. The first-order chi connectivity index (χ1) is 10.1. The van der Waals surface area contributed by atoms with Crippen molar-refractivity contribution < 1.29 is 9.53 Å². The van der Waals surface area contributed by atoms with Gasteiger partial charge in [-0.25, -0.2) is 0 Å². The van der Waals surface area contributed by atoms with Crippen LogP contribution in [0.4, 0.5) is 11.4 Å². The number of anilines is 2. The molecular weight excluding hydrogens is 290 g/mol. The average molecular weight is 306 g/mol. The molecule has 110 valence electrons. The number of hydrogen-bond donors (Lipinski definition) is 2. The monoisotopic (exact) mass is 305 g/mol. The molecule has 0 saturated carbocycles. The highest BCUT2D eigenvalue weighted by Gasteiger charge is 2.12. The van der Waals surface area contributed by atoms with Crippen molar-refractivity contribution in [2.45, 2.75) is 6.92 Å². The van der Waals surface area contributed by atoms with E-state index in [0.717, 1.165) is 12.2 Å². The van der Waals surface area contributed by atoms with Gasteiger partial charge in [0, 0.05) is 23.5 Å². The Morgan fingerprint density at radius 3 is 2.86 bits per heavy atom. The Bertz CT molecular complexity index is 647. The third kappa shape index (κ3) is 3.86. The average Bonchev–Trinajstić information content (AvgIpc) is 2.48. The fourth-order valence-corrected chi connectivity index (χ4v) is 2.01. The van der Waals surface area contributed by atoms with E-state index in [4.69, 9.17) is 16.3 Å². The molecule has 2 aromatic rings. The van der Waals surface area contributed by atoms with Gasteiger partial charge < -0.3 is 15.4 Å². The molecule has 2 rings (SSSR count). The third-order valence-electron chi connectivity index (χ3n) is 2.78. The Labute approximate surface area is 128 Å². The Kier molecular flexibility index (Phi) is 5.00. The minimum absolute atomic E-state index is 0.315. The molecule has 0 spiro atoms. The molecule has 1 amide bonds. The van der Waals surface area contributed by atoms with Gasteiger partial charge in [-0.05, 0) is 37.3 Å². The molecule has 6 heteroatoms. The van der Waals surface area contributed by atoms with Gasteiger partial charge in [0.1, 0.15) is 11.4 Å². The summed E-state index contributed by atoms with van der Waals surface area (Å²) in [5, 5.41) is 6.40. The van der Waals surface area contributed by atoms with Gasteiger partial charge in [0.2, 0.25) is 0 Å². The van der Waals surface area contributed by atoms with Crippen LogP contribution in [-0.2, 0) is 0 Å². The van der Waals surface area contributed by atoms with Crippen LogP contribution in [0.3, 0.4) is 0 Å². The number of pyridine rings is 1. The number of amides is 1. The Balaban J connectivity index is 2.21. The zero-order valence-corrected chi connectivity index (χ0v) is 12.6. The molecule has 0 radical (unpaired) electrons. The van der Waals surface area contributed by atoms with E-state index >= 15 is 0 Å². The predicted molar refractivity (Wildman–Crippen MR) is 84.4 cm³/mol. The van der Waals surface area contributed by atoms with Crippen LogP contribution >= 0.6 is 11.6 Å². The number of ether oxygens (including phenoxy) is 1. The minimum Gasteiger partial charge on any atom is -0.495 e. The highest BCUT2D eigenvalue weighted by molar-refractivity contribution is 6.31. The lowest BCUT2D eigenvalue weighted by atomic mass is 10.2. The SMILES string of the molecule is CCNc1ccnc(C(=O)Nc2cc(Cl)ccc2OC)c1.